The second kappa shape index (κ2) is 5.54. The highest BCUT2D eigenvalue weighted by Gasteiger charge is 2.07. The molecule has 0 unspecified atom stereocenters. The van der Waals surface area contributed by atoms with Crippen LogP contribution < -0.4 is 0 Å². The third-order valence-corrected chi connectivity index (χ3v) is 3.04. The third kappa shape index (κ3) is 3.35. The van der Waals surface area contributed by atoms with Crippen LogP contribution in [0, 0.1) is 0 Å². The Hall–Kier alpha value is -1.75. The summed E-state index contributed by atoms with van der Waals surface area (Å²) in [7, 11) is 0. The molecule has 0 aliphatic carbocycles. The maximum absolute atomic E-state index is 10.4. The summed E-state index contributed by atoms with van der Waals surface area (Å²) in [6.07, 6.45) is 0. The van der Waals surface area contributed by atoms with Gasteiger partial charge in [-0.1, -0.05) is 35.5 Å². The largest absolute Gasteiger partial charge is 0.481 e. The van der Waals surface area contributed by atoms with Crippen LogP contribution in [0.25, 0.3) is 11.3 Å². The minimum Gasteiger partial charge on any atom is -0.481 e. The van der Waals surface area contributed by atoms with Crippen molar-refractivity contribution in [2.45, 2.75) is 5.75 Å². The van der Waals surface area contributed by atoms with Gasteiger partial charge in [-0.05, 0) is 0 Å². The molecule has 0 atom stereocenters. The van der Waals surface area contributed by atoms with Gasteiger partial charge in [0.05, 0.1) is 11.4 Å². The van der Waals surface area contributed by atoms with Crippen molar-refractivity contribution in [2.75, 3.05) is 5.75 Å². The van der Waals surface area contributed by atoms with Gasteiger partial charge in [-0.15, -0.1) is 11.8 Å². The molecule has 0 spiro atoms. The van der Waals surface area contributed by atoms with Gasteiger partial charge in [-0.2, -0.15) is 0 Å². The minimum atomic E-state index is -0.818. The molecule has 0 saturated carbocycles. The molecule has 0 saturated heterocycles. The number of rotatable bonds is 5. The van der Waals surface area contributed by atoms with Crippen LogP contribution in [0.4, 0.5) is 0 Å². The zero-order valence-corrected chi connectivity index (χ0v) is 9.81. The number of nitrogens with zero attached hydrogens (tertiary/aromatic N) is 1. The van der Waals surface area contributed by atoms with Crippen molar-refractivity contribution < 1.29 is 14.4 Å². The van der Waals surface area contributed by atoms with Crippen molar-refractivity contribution in [3.05, 3.63) is 42.1 Å². The summed E-state index contributed by atoms with van der Waals surface area (Å²) in [4.78, 5) is 10.4. The molecule has 0 radical (unpaired) electrons. The van der Waals surface area contributed by atoms with E-state index in [1.807, 2.05) is 36.4 Å². The Balaban J connectivity index is 1.99. The van der Waals surface area contributed by atoms with E-state index in [1.165, 1.54) is 11.8 Å². The van der Waals surface area contributed by atoms with E-state index >= 15 is 0 Å². The molecule has 0 bridgehead atoms. The summed E-state index contributed by atoms with van der Waals surface area (Å²) in [6, 6.07) is 11.5. The average Bonchev–Trinajstić information content (AvgIpc) is 2.78. The summed E-state index contributed by atoms with van der Waals surface area (Å²) >= 11 is 1.30. The SMILES string of the molecule is O=C(O)CSCc1cc(-c2ccccc2)on1. The molecular formula is C12H11NO3S. The number of aromatic nitrogens is 1. The van der Waals surface area contributed by atoms with E-state index in [1.54, 1.807) is 0 Å². The molecule has 1 heterocycles. The van der Waals surface area contributed by atoms with E-state index in [2.05, 4.69) is 5.16 Å². The molecule has 5 heteroatoms. The maximum atomic E-state index is 10.4. The van der Waals surface area contributed by atoms with Crippen molar-refractivity contribution in [3.8, 4) is 11.3 Å². The van der Waals surface area contributed by atoms with E-state index in [-0.39, 0.29) is 5.75 Å². The number of carbonyl (C=O) groups is 1. The van der Waals surface area contributed by atoms with Crippen LogP contribution in [0.2, 0.25) is 0 Å². The number of benzene rings is 1. The first-order valence-electron chi connectivity index (χ1n) is 5.06. The van der Waals surface area contributed by atoms with E-state index in [0.717, 1.165) is 11.3 Å². The smallest absolute Gasteiger partial charge is 0.313 e. The molecule has 4 nitrogen and oxygen atoms in total. The van der Waals surface area contributed by atoms with Gasteiger partial charge in [0.1, 0.15) is 0 Å². The first-order chi connectivity index (χ1) is 8.25. The van der Waals surface area contributed by atoms with Gasteiger partial charge in [0.2, 0.25) is 0 Å². The molecule has 88 valence electrons. The molecule has 1 aromatic heterocycles. The quantitative estimate of drug-likeness (QED) is 0.882. The highest BCUT2D eigenvalue weighted by molar-refractivity contribution is 7.99. The predicted octanol–water partition coefficient (Wildman–Crippen LogP) is 2.66. The topological polar surface area (TPSA) is 63.3 Å². The lowest BCUT2D eigenvalue weighted by molar-refractivity contribution is -0.133. The fourth-order valence-electron chi connectivity index (χ4n) is 1.36. The number of carboxylic acids is 1. The maximum Gasteiger partial charge on any atom is 0.313 e. The van der Waals surface area contributed by atoms with Crippen LogP contribution in [0.3, 0.4) is 0 Å². The highest BCUT2D eigenvalue weighted by Crippen LogP contribution is 2.21. The molecule has 1 aromatic carbocycles. The van der Waals surface area contributed by atoms with Crippen LogP contribution in [0.5, 0.6) is 0 Å². The van der Waals surface area contributed by atoms with Crippen LogP contribution >= 0.6 is 11.8 Å². The number of thioether (sulfide) groups is 1. The number of aliphatic carboxylic acids is 1. The van der Waals surface area contributed by atoms with Gasteiger partial charge in [0.25, 0.3) is 0 Å². The fourth-order valence-corrected chi connectivity index (χ4v) is 1.98. The Morgan fingerprint density at radius 2 is 2.12 bits per heavy atom. The first-order valence-corrected chi connectivity index (χ1v) is 6.22. The Labute approximate surface area is 103 Å². The Morgan fingerprint density at radius 1 is 1.35 bits per heavy atom. The van der Waals surface area contributed by atoms with Crippen molar-refractivity contribution >= 4 is 17.7 Å². The van der Waals surface area contributed by atoms with Crippen LogP contribution in [0.15, 0.2) is 40.9 Å². The van der Waals surface area contributed by atoms with Crippen molar-refractivity contribution in [3.63, 3.8) is 0 Å². The fraction of sp³-hybridized carbons (Fsp3) is 0.167. The van der Waals surface area contributed by atoms with Crippen LogP contribution in [-0.2, 0) is 10.5 Å². The Kier molecular flexibility index (Phi) is 3.82. The first kappa shape index (κ1) is 11.7. The second-order valence-corrected chi connectivity index (χ2v) is 4.42. The van der Waals surface area contributed by atoms with Gasteiger partial charge in [-0.3, -0.25) is 4.79 Å². The van der Waals surface area contributed by atoms with E-state index < -0.39 is 5.97 Å². The van der Waals surface area contributed by atoms with E-state index in [9.17, 15) is 4.79 Å². The molecule has 2 rings (SSSR count). The molecule has 1 N–H and O–H groups in total. The summed E-state index contributed by atoms with van der Waals surface area (Å²) in [5, 5.41) is 12.4. The summed E-state index contributed by atoms with van der Waals surface area (Å²) in [6.45, 7) is 0. The van der Waals surface area contributed by atoms with E-state index in [4.69, 9.17) is 9.63 Å². The lowest BCUT2D eigenvalue weighted by Gasteiger charge is -1.92. The van der Waals surface area contributed by atoms with Crippen LogP contribution in [0.1, 0.15) is 5.69 Å². The average molecular weight is 249 g/mol. The molecule has 2 aromatic rings. The monoisotopic (exact) mass is 249 g/mol. The molecule has 0 aliphatic heterocycles. The molecule has 17 heavy (non-hydrogen) atoms. The Bertz CT molecular complexity index is 495. The molecule has 0 amide bonds. The Morgan fingerprint density at radius 3 is 2.82 bits per heavy atom. The van der Waals surface area contributed by atoms with Crippen molar-refractivity contribution in [1.82, 2.24) is 5.16 Å². The van der Waals surface area contributed by atoms with Crippen molar-refractivity contribution in [2.24, 2.45) is 0 Å². The normalized spacial score (nSPS) is 10.4. The summed E-state index contributed by atoms with van der Waals surface area (Å²) in [5.74, 6) is 0.509. The lowest BCUT2D eigenvalue weighted by atomic mass is 10.2. The molecule has 0 fully saturated rings. The third-order valence-electron chi connectivity index (χ3n) is 2.09. The van der Waals surface area contributed by atoms with Gasteiger partial charge in [-0.25, -0.2) is 0 Å². The molecule has 0 aliphatic rings. The van der Waals surface area contributed by atoms with Gasteiger partial charge in [0.15, 0.2) is 5.76 Å². The van der Waals surface area contributed by atoms with Gasteiger partial charge < -0.3 is 9.63 Å². The summed E-state index contributed by atoms with van der Waals surface area (Å²) < 4.78 is 5.20. The zero-order valence-electron chi connectivity index (χ0n) is 9.00. The number of hydrogen-bond donors (Lipinski definition) is 1. The number of carboxylic acid groups (broad SMARTS) is 1. The standard InChI is InChI=1S/C12H11NO3S/c14-12(15)8-17-7-10-6-11(16-13-10)9-4-2-1-3-5-9/h1-6H,7-8H2,(H,14,15). The zero-order chi connectivity index (χ0) is 12.1. The molecular weight excluding hydrogens is 238 g/mol. The van der Waals surface area contributed by atoms with Crippen molar-refractivity contribution in [1.29, 1.82) is 0 Å². The van der Waals surface area contributed by atoms with Gasteiger partial charge in [0, 0.05) is 17.4 Å². The predicted molar refractivity (Wildman–Crippen MR) is 65.7 cm³/mol. The summed E-state index contributed by atoms with van der Waals surface area (Å²) in [5.41, 5.74) is 1.73. The van der Waals surface area contributed by atoms with E-state index in [0.29, 0.717) is 11.5 Å². The van der Waals surface area contributed by atoms with Gasteiger partial charge >= 0.3 is 5.97 Å². The number of hydrogen-bond acceptors (Lipinski definition) is 4. The minimum absolute atomic E-state index is 0.0769. The lowest BCUT2D eigenvalue weighted by Crippen LogP contribution is -1.98. The van der Waals surface area contributed by atoms with Crippen LogP contribution in [-0.4, -0.2) is 22.0 Å². The second-order valence-electron chi connectivity index (χ2n) is 3.44. The highest BCUT2D eigenvalue weighted by atomic mass is 32.2.